The van der Waals surface area contributed by atoms with Gasteiger partial charge in [0.05, 0.1) is 17.5 Å². The van der Waals surface area contributed by atoms with Crippen LogP contribution in [-0.2, 0) is 14.1 Å². The van der Waals surface area contributed by atoms with Crippen LogP contribution in [0.2, 0.25) is 0 Å². The summed E-state index contributed by atoms with van der Waals surface area (Å²) in [5.74, 6) is 0.922. The number of aromatic nitrogens is 6. The average molecular weight is 433 g/mol. The Morgan fingerprint density at radius 3 is 2.59 bits per heavy atom. The molecule has 0 aliphatic rings. The summed E-state index contributed by atoms with van der Waals surface area (Å²) in [5, 5.41) is 16.4. The van der Waals surface area contributed by atoms with Crippen LogP contribution in [0.1, 0.15) is 16.2 Å². The van der Waals surface area contributed by atoms with E-state index in [-0.39, 0.29) is 17.3 Å². The van der Waals surface area contributed by atoms with E-state index in [1.807, 2.05) is 0 Å². The summed E-state index contributed by atoms with van der Waals surface area (Å²) in [6.07, 6.45) is 5.88. The molecule has 0 aliphatic carbocycles. The number of aromatic hydroxyl groups is 1. The van der Waals surface area contributed by atoms with E-state index in [0.29, 0.717) is 28.6 Å². The molecule has 162 valence electrons. The van der Waals surface area contributed by atoms with E-state index < -0.39 is 11.5 Å². The summed E-state index contributed by atoms with van der Waals surface area (Å²) < 4.78 is 8.58. The van der Waals surface area contributed by atoms with Gasteiger partial charge in [0.15, 0.2) is 0 Å². The number of aryl methyl sites for hydroxylation is 2. The van der Waals surface area contributed by atoms with Crippen molar-refractivity contribution in [1.82, 2.24) is 29.3 Å². The van der Waals surface area contributed by atoms with E-state index >= 15 is 0 Å². The molecule has 0 fully saturated rings. The van der Waals surface area contributed by atoms with Crippen LogP contribution in [0.4, 0.5) is 5.82 Å². The molecule has 1 amide bonds. The summed E-state index contributed by atoms with van der Waals surface area (Å²) in [6.45, 7) is 1.68. The molecule has 2 N–H and O–H groups in total. The summed E-state index contributed by atoms with van der Waals surface area (Å²) in [6, 6.07) is 6.49. The molecular weight excluding hydrogens is 414 g/mol. The Hall–Kier alpha value is -4.54. The molecule has 0 saturated heterocycles. The second-order valence-corrected chi connectivity index (χ2v) is 6.94. The summed E-state index contributed by atoms with van der Waals surface area (Å²) >= 11 is 0. The van der Waals surface area contributed by atoms with Crippen LogP contribution in [0, 0.1) is 6.92 Å². The van der Waals surface area contributed by atoms with Crippen molar-refractivity contribution in [3.63, 3.8) is 0 Å². The third-order valence-electron chi connectivity index (χ3n) is 4.68. The van der Waals surface area contributed by atoms with Crippen molar-refractivity contribution in [2.75, 3.05) is 5.32 Å². The first-order valence-corrected chi connectivity index (χ1v) is 9.49. The number of carbonyl (C=O) groups excluding carboxylic acids is 1. The molecule has 4 rings (SSSR count). The fraction of sp³-hybridized carbons (Fsp3) is 0.143. The van der Waals surface area contributed by atoms with Gasteiger partial charge in [0.1, 0.15) is 28.7 Å². The lowest BCUT2D eigenvalue weighted by molar-refractivity contribution is 0.102. The van der Waals surface area contributed by atoms with Gasteiger partial charge in [-0.25, -0.2) is 9.97 Å². The maximum atomic E-state index is 12.4. The van der Waals surface area contributed by atoms with Crippen molar-refractivity contribution in [2.45, 2.75) is 6.92 Å². The van der Waals surface area contributed by atoms with Crippen LogP contribution < -0.4 is 15.6 Å². The molecule has 11 heteroatoms. The summed E-state index contributed by atoms with van der Waals surface area (Å²) in [5.41, 5.74) is 0.454. The Morgan fingerprint density at radius 2 is 1.91 bits per heavy atom. The van der Waals surface area contributed by atoms with Crippen molar-refractivity contribution in [2.24, 2.45) is 14.1 Å². The molecule has 0 bridgehead atoms. The van der Waals surface area contributed by atoms with Gasteiger partial charge in [0, 0.05) is 38.8 Å². The number of rotatable bonds is 5. The molecule has 4 aromatic rings. The van der Waals surface area contributed by atoms with Gasteiger partial charge in [0.2, 0.25) is 5.88 Å². The fourth-order valence-electron chi connectivity index (χ4n) is 2.90. The predicted molar refractivity (Wildman–Crippen MR) is 115 cm³/mol. The van der Waals surface area contributed by atoms with Gasteiger partial charge < -0.3 is 15.2 Å². The number of nitrogens with one attached hydrogen (secondary N) is 1. The first-order valence-electron chi connectivity index (χ1n) is 9.49. The number of anilines is 1. The second kappa shape index (κ2) is 8.30. The minimum atomic E-state index is -0.602. The van der Waals surface area contributed by atoms with Crippen LogP contribution in [0.3, 0.4) is 0 Å². The monoisotopic (exact) mass is 433 g/mol. The van der Waals surface area contributed by atoms with Crippen LogP contribution in [-0.4, -0.2) is 40.3 Å². The SMILES string of the molecule is Cc1ncc(C(=O)Nc2ccc(Oc3ccnc(-c4cn(C)nc4O)c3)cn2)c(=O)n1C. The Kier molecular flexibility index (Phi) is 5.37. The van der Waals surface area contributed by atoms with Crippen molar-refractivity contribution in [3.05, 3.63) is 70.8 Å². The van der Waals surface area contributed by atoms with Gasteiger partial charge in [-0.3, -0.25) is 23.8 Å². The third kappa shape index (κ3) is 4.17. The van der Waals surface area contributed by atoms with E-state index in [1.165, 1.54) is 21.6 Å². The summed E-state index contributed by atoms with van der Waals surface area (Å²) in [7, 11) is 3.24. The number of hydrogen-bond donors (Lipinski definition) is 2. The number of ether oxygens (including phenoxy) is 1. The smallest absolute Gasteiger partial charge is 0.266 e. The molecule has 0 aromatic carbocycles. The van der Waals surface area contributed by atoms with Crippen LogP contribution >= 0.6 is 0 Å². The molecule has 0 radical (unpaired) electrons. The van der Waals surface area contributed by atoms with Gasteiger partial charge in [-0.15, -0.1) is 5.10 Å². The zero-order valence-corrected chi connectivity index (χ0v) is 17.5. The average Bonchev–Trinajstić information content (AvgIpc) is 3.11. The number of carbonyl (C=O) groups is 1. The Balaban J connectivity index is 1.47. The second-order valence-electron chi connectivity index (χ2n) is 6.94. The van der Waals surface area contributed by atoms with Crippen molar-refractivity contribution >= 4 is 11.7 Å². The number of amides is 1. The molecule has 0 saturated carbocycles. The highest BCUT2D eigenvalue weighted by molar-refractivity contribution is 6.03. The molecule has 4 aromatic heterocycles. The maximum Gasteiger partial charge on any atom is 0.266 e. The van der Waals surface area contributed by atoms with E-state index in [4.69, 9.17) is 4.74 Å². The zero-order chi connectivity index (χ0) is 22.8. The quantitative estimate of drug-likeness (QED) is 0.488. The van der Waals surface area contributed by atoms with Crippen LogP contribution in [0.15, 0.2) is 53.8 Å². The number of nitrogens with zero attached hydrogens (tertiary/aromatic N) is 6. The van der Waals surface area contributed by atoms with Crippen LogP contribution in [0.25, 0.3) is 11.3 Å². The highest BCUT2D eigenvalue weighted by Crippen LogP contribution is 2.29. The van der Waals surface area contributed by atoms with Gasteiger partial charge >= 0.3 is 0 Å². The van der Waals surface area contributed by atoms with Crippen LogP contribution in [0.5, 0.6) is 17.4 Å². The lowest BCUT2D eigenvalue weighted by Gasteiger charge is -2.09. The minimum Gasteiger partial charge on any atom is -0.492 e. The lowest BCUT2D eigenvalue weighted by atomic mass is 10.2. The van der Waals surface area contributed by atoms with Gasteiger partial charge in [-0.1, -0.05) is 0 Å². The predicted octanol–water partition coefficient (Wildman–Crippen LogP) is 2.03. The Morgan fingerprint density at radius 1 is 1.09 bits per heavy atom. The van der Waals surface area contributed by atoms with Gasteiger partial charge in [-0.05, 0) is 25.1 Å². The topological polar surface area (TPSA) is 137 Å². The molecule has 4 heterocycles. The molecular formula is C21H19N7O4. The van der Waals surface area contributed by atoms with Gasteiger partial charge in [-0.2, -0.15) is 0 Å². The lowest BCUT2D eigenvalue weighted by Crippen LogP contribution is -2.29. The molecule has 0 aliphatic heterocycles. The van der Waals surface area contributed by atoms with Crippen molar-refractivity contribution < 1.29 is 14.6 Å². The first-order chi connectivity index (χ1) is 15.3. The van der Waals surface area contributed by atoms with E-state index in [0.717, 1.165) is 0 Å². The number of hydrogen-bond acceptors (Lipinski definition) is 8. The van der Waals surface area contributed by atoms with E-state index in [1.54, 1.807) is 57.7 Å². The minimum absolute atomic E-state index is 0.0804. The molecule has 0 atom stereocenters. The van der Waals surface area contributed by atoms with Gasteiger partial charge in [0.25, 0.3) is 11.5 Å². The highest BCUT2D eigenvalue weighted by Gasteiger charge is 2.15. The number of pyridine rings is 2. The van der Waals surface area contributed by atoms with E-state index in [2.05, 4.69) is 25.4 Å². The summed E-state index contributed by atoms with van der Waals surface area (Å²) in [4.78, 5) is 37.1. The largest absolute Gasteiger partial charge is 0.492 e. The Labute approximate surface area is 182 Å². The molecule has 32 heavy (non-hydrogen) atoms. The third-order valence-corrected chi connectivity index (χ3v) is 4.68. The molecule has 11 nitrogen and oxygen atoms in total. The first kappa shape index (κ1) is 20.7. The highest BCUT2D eigenvalue weighted by atomic mass is 16.5. The van der Waals surface area contributed by atoms with E-state index in [9.17, 15) is 14.7 Å². The molecule has 0 spiro atoms. The van der Waals surface area contributed by atoms with Crippen molar-refractivity contribution in [1.29, 1.82) is 0 Å². The Bertz CT molecular complexity index is 1360. The normalized spacial score (nSPS) is 10.7. The standard InChI is InChI=1S/C21H19N7O4/c1-12-23-10-15(21(31)28(12)3)19(29)25-18-5-4-14(9-24-18)32-13-6-7-22-17(8-13)16-11-27(2)26-20(16)30/h4-11H,1-3H3,(H,26,30)(H,24,25,29). The fourth-order valence-corrected chi connectivity index (χ4v) is 2.90. The molecule has 0 unspecified atom stereocenters. The maximum absolute atomic E-state index is 12.4. The van der Waals surface area contributed by atoms with Crippen molar-refractivity contribution in [3.8, 4) is 28.6 Å². The zero-order valence-electron chi connectivity index (χ0n) is 17.5.